The molecule has 4 aliphatic heterocycles. The van der Waals surface area contributed by atoms with Crippen LogP contribution >= 0.6 is 70.4 Å². The van der Waals surface area contributed by atoms with Crippen molar-refractivity contribution in [3.05, 3.63) is 109 Å². The van der Waals surface area contributed by atoms with Crippen LogP contribution in [0.4, 0.5) is 17.2 Å². The Morgan fingerprint density at radius 1 is 0.649 bits per heavy atom. The number of hydrogen-bond acceptors (Lipinski definition) is 14. The minimum atomic E-state index is -3.60. The lowest BCUT2D eigenvalue weighted by molar-refractivity contribution is 0.00875. The lowest BCUT2D eigenvalue weighted by Gasteiger charge is -2.45. The van der Waals surface area contributed by atoms with Crippen LogP contribution in [0.15, 0.2) is 60.7 Å². The van der Waals surface area contributed by atoms with E-state index in [0.717, 1.165) is 51.3 Å². The Kier molecular flexibility index (Phi) is 17.5. The van der Waals surface area contributed by atoms with Crippen molar-refractivity contribution in [3.8, 4) is 0 Å². The molecule has 2 amide bonds. The molecule has 4 fully saturated rings. The topological polar surface area (TPSA) is 249 Å². The maximum absolute atomic E-state index is 13.7. The Bertz CT molecular complexity index is 3310. The van der Waals surface area contributed by atoms with Crippen molar-refractivity contribution in [2.45, 2.75) is 75.7 Å². The van der Waals surface area contributed by atoms with Crippen molar-refractivity contribution >= 4 is 131 Å². The van der Waals surface area contributed by atoms with Crippen LogP contribution in [0.1, 0.15) is 96.6 Å². The van der Waals surface area contributed by atoms with E-state index in [9.17, 15) is 31.5 Å². The number of rotatable bonds is 9. The molecule has 28 heteroatoms. The summed E-state index contributed by atoms with van der Waals surface area (Å²) in [4.78, 5) is 41.2. The Morgan fingerprint density at radius 3 is 1.50 bits per heavy atom. The van der Waals surface area contributed by atoms with Gasteiger partial charge in [-0.05, 0) is 88.8 Å². The van der Waals surface area contributed by atoms with Gasteiger partial charge in [0, 0.05) is 73.6 Å². The minimum absolute atomic E-state index is 0. The quantitative estimate of drug-likeness (QED) is 0.0878. The number of fused-ring (bicyclic) bond motifs is 2. The van der Waals surface area contributed by atoms with Crippen molar-refractivity contribution in [2.24, 2.45) is 0 Å². The first-order valence-corrected chi connectivity index (χ1v) is 28.8. The van der Waals surface area contributed by atoms with Crippen LogP contribution in [0.2, 0.25) is 25.5 Å². The van der Waals surface area contributed by atoms with E-state index in [1.807, 2.05) is 17.9 Å². The first-order valence-electron chi connectivity index (χ1n) is 23.1. The molecule has 4 aliphatic rings. The lowest BCUT2D eigenvalue weighted by atomic mass is 9.97. The monoisotopic (exact) mass is 1180 g/mol. The van der Waals surface area contributed by atoms with Gasteiger partial charge >= 0.3 is 0 Å². The molecule has 20 nitrogen and oxygen atoms in total. The number of sulfonamides is 2. The fourth-order valence-electron chi connectivity index (χ4n) is 9.09. The number of nitrogens with zero attached hydrogens (tertiary/aromatic N) is 9. The Morgan fingerprint density at radius 2 is 1.08 bits per heavy atom. The van der Waals surface area contributed by atoms with Crippen LogP contribution in [-0.4, -0.2) is 141 Å². The summed E-state index contributed by atoms with van der Waals surface area (Å²) in [6, 6.07) is 15.1. The van der Waals surface area contributed by atoms with Gasteiger partial charge in [0.15, 0.2) is 11.3 Å². The van der Waals surface area contributed by atoms with Gasteiger partial charge in [-0.2, -0.15) is 14.7 Å². The van der Waals surface area contributed by atoms with Crippen molar-refractivity contribution in [1.29, 1.82) is 0 Å². The number of amides is 2. The van der Waals surface area contributed by atoms with Gasteiger partial charge in [-0.15, -0.1) is 12.4 Å². The van der Waals surface area contributed by atoms with Gasteiger partial charge in [-0.1, -0.05) is 58.0 Å². The highest BCUT2D eigenvalue weighted by Crippen LogP contribution is 2.38. The highest BCUT2D eigenvalue weighted by molar-refractivity contribution is 7.92. The molecule has 0 bridgehead atoms. The van der Waals surface area contributed by atoms with E-state index in [4.69, 9.17) is 68.2 Å². The second kappa shape index (κ2) is 22.6. The molecule has 2 aromatic carbocycles. The number of nitrogens with one attached hydrogen (secondary N) is 3. The Balaban J connectivity index is 0.000000193. The zero-order valence-electron chi connectivity index (χ0n) is 40.4. The molecule has 0 radical (unpaired) electrons. The van der Waals surface area contributed by atoms with E-state index < -0.39 is 25.6 Å². The molecule has 8 heterocycles. The van der Waals surface area contributed by atoms with Gasteiger partial charge in [-0.25, -0.2) is 31.3 Å². The van der Waals surface area contributed by atoms with Crippen LogP contribution in [0.3, 0.4) is 0 Å². The number of aliphatic hydroxyl groups is 2. The molecule has 10 rings (SSSR count). The minimum Gasteiger partial charge on any atom is -0.388 e. The zero-order chi connectivity index (χ0) is 52.8. The standard InChI is InChI=1S/C23H26Cl2N6O4S.C19H18Cl3N5O3S.C4H9NO.ClH/c1-23(33)12-29(13-23)21-11-19(25)26-20-10-17(27-31(20)21)18-5-3-4-8-30(18)22(32)15-9-14(24)6-7-16(15)28-36(2,34)35;1-31(29,30)25-13-6-5-11(20)8-12(13)19(28)26-7-3-2-4-15(26)14-9-18-23-16(21)10-17(22)27(18)24-14;1-4(6)2-5-3-4;/h6-7,9-11,18,28,33H,3-5,8,12-13H2,1-2H3;5-6,8-10,15,25H,2-4,7H2,1H3;5-6H,2-3H2,1H3;1H/t18-;15-;;/m00../s1. The van der Waals surface area contributed by atoms with Gasteiger partial charge < -0.3 is 30.2 Å². The molecule has 0 aliphatic carbocycles. The van der Waals surface area contributed by atoms with E-state index in [-0.39, 0.29) is 69.6 Å². The van der Waals surface area contributed by atoms with Gasteiger partial charge in [-0.3, -0.25) is 19.0 Å². The van der Waals surface area contributed by atoms with E-state index in [1.165, 1.54) is 47.0 Å². The number of hydrogen-bond donors (Lipinski definition) is 5. The molecule has 0 unspecified atom stereocenters. The summed E-state index contributed by atoms with van der Waals surface area (Å²) in [7, 11) is -7.19. The van der Waals surface area contributed by atoms with Crippen LogP contribution in [0.25, 0.3) is 11.3 Å². The fraction of sp³-hybridized carbons (Fsp3) is 0.435. The predicted octanol–water partition coefficient (Wildman–Crippen LogP) is 7.54. The molecular formula is C46H54Cl6N12O8S2. The highest BCUT2D eigenvalue weighted by atomic mass is 35.5. The third-order valence-electron chi connectivity index (χ3n) is 12.4. The molecule has 2 atom stereocenters. The molecule has 0 spiro atoms. The summed E-state index contributed by atoms with van der Waals surface area (Å²) in [5.74, 6) is 0.0360. The lowest BCUT2D eigenvalue weighted by Crippen LogP contribution is -2.60. The third kappa shape index (κ3) is 13.7. The van der Waals surface area contributed by atoms with Crippen LogP contribution in [-0.2, 0) is 20.0 Å². The smallest absolute Gasteiger partial charge is 0.256 e. The maximum Gasteiger partial charge on any atom is 0.256 e. The number of β-amino-alcohol motifs (C(OH)–C–C–N with tert-alkyl or cyclic N) is 2. The van der Waals surface area contributed by atoms with Crippen LogP contribution in [0, 0.1) is 0 Å². The molecule has 400 valence electrons. The molecule has 4 saturated heterocycles. The number of halogens is 6. The van der Waals surface area contributed by atoms with Crippen LogP contribution in [0.5, 0.6) is 0 Å². The predicted molar refractivity (Wildman–Crippen MR) is 290 cm³/mol. The molecule has 74 heavy (non-hydrogen) atoms. The summed E-state index contributed by atoms with van der Waals surface area (Å²) in [6.45, 7) is 6.96. The summed E-state index contributed by atoms with van der Waals surface area (Å²) in [5.41, 5.74) is 1.84. The van der Waals surface area contributed by atoms with E-state index in [2.05, 4.69) is 29.8 Å². The van der Waals surface area contributed by atoms with E-state index in [1.54, 1.807) is 33.4 Å². The molecular weight excluding hydrogens is 1130 g/mol. The van der Waals surface area contributed by atoms with Crippen molar-refractivity contribution in [1.82, 2.24) is 44.3 Å². The second-order valence-electron chi connectivity index (χ2n) is 19.1. The number of carbonyl (C=O) groups is 2. The SMILES string of the molecule is CC1(O)CN(c2cc(Cl)nc3cc([C@@H]4CCCCN4C(=O)c4cc(Cl)ccc4NS(C)(=O)=O)nn23)C1.CC1(O)CNC1.CS(=O)(=O)Nc1ccc(Cl)cc1C(=O)N1CCCC[C@H]1c1cc2nc(Cl)cc(Cl)n2n1.Cl. The van der Waals surface area contributed by atoms with Gasteiger partial charge in [0.1, 0.15) is 21.3 Å². The average Bonchev–Trinajstić information content (AvgIpc) is 3.93. The second-order valence-corrected chi connectivity index (χ2v) is 24.7. The summed E-state index contributed by atoms with van der Waals surface area (Å²) < 4.78 is 55.3. The van der Waals surface area contributed by atoms with Crippen molar-refractivity contribution < 1.29 is 36.6 Å². The normalized spacial score (nSPS) is 19.2. The van der Waals surface area contributed by atoms with Crippen LogP contribution < -0.4 is 19.7 Å². The van der Waals surface area contributed by atoms with Gasteiger partial charge in [0.05, 0.1) is 69.7 Å². The third-order valence-corrected chi connectivity index (χ3v) is 14.7. The van der Waals surface area contributed by atoms with Gasteiger partial charge in [0.2, 0.25) is 20.0 Å². The molecule has 5 N–H and O–H groups in total. The first kappa shape index (κ1) is 57.2. The number of anilines is 3. The summed E-state index contributed by atoms with van der Waals surface area (Å²) in [5, 5.41) is 32.8. The summed E-state index contributed by atoms with van der Waals surface area (Å²) in [6.07, 6.45) is 6.88. The van der Waals surface area contributed by atoms with Gasteiger partial charge in [0.25, 0.3) is 11.8 Å². The number of aromatic nitrogens is 6. The largest absolute Gasteiger partial charge is 0.388 e. The Labute approximate surface area is 459 Å². The number of likely N-dealkylation sites (tertiary alicyclic amines) is 2. The number of carbonyl (C=O) groups excluding carboxylic acids is 2. The number of benzene rings is 2. The van der Waals surface area contributed by atoms with E-state index in [0.29, 0.717) is 87.9 Å². The van der Waals surface area contributed by atoms with E-state index >= 15 is 0 Å². The number of piperidine rings is 2. The van der Waals surface area contributed by atoms with Crippen molar-refractivity contribution in [2.75, 3.05) is 66.1 Å². The molecule has 4 aromatic heterocycles. The summed E-state index contributed by atoms with van der Waals surface area (Å²) >= 11 is 30.8. The maximum atomic E-state index is 13.7. The average molecular weight is 1180 g/mol. The first-order chi connectivity index (χ1) is 34.2. The zero-order valence-corrected chi connectivity index (χ0v) is 46.6. The fourth-order valence-corrected chi connectivity index (χ4v) is 11.2. The highest BCUT2D eigenvalue weighted by Gasteiger charge is 2.39. The molecule has 6 aromatic rings. The van der Waals surface area contributed by atoms with Crippen molar-refractivity contribution in [3.63, 3.8) is 0 Å². The molecule has 0 saturated carbocycles. The Hall–Kier alpha value is -4.46.